The lowest BCUT2D eigenvalue weighted by Crippen LogP contribution is -2.27. The fourth-order valence-corrected chi connectivity index (χ4v) is 7.77. The van der Waals surface area contributed by atoms with Crippen molar-refractivity contribution in [2.45, 2.75) is 63.9 Å². The van der Waals surface area contributed by atoms with Gasteiger partial charge in [-0.15, -0.1) is 22.7 Å². The summed E-state index contributed by atoms with van der Waals surface area (Å²) >= 11 is 2.06. The maximum Gasteiger partial charge on any atom is 0.277 e. The van der Waals surface area contributed by atoms with Gasteiger partial charge in [0.25, 0.3) is 11.8 Å². The molecule has 4 aromatic heterocycles. The van der Waals surface area contributed by atoms with Crippen LogP contribution in [0, 0.1) is 37.5 Å². The average molecular weight is 853 g/mol. The van der Waals surface area contributed by atoms with E-state index in [4.69, 9.17) is 30.0 Å². The molecule has 0 saturated carbocycles. The van der Waals surface area contributed by atoms with Crippen LogP contribution in [-0.4, -0.2) is 75.7 Å². The smallest absolute Gasteiger partial charge is 0.277 e. The third-order valence-corrected chi connectivity index (χ3v) is 11.6. The molecule has 20 heteroatoms. The number of benzene rings is 2. The van der Waals surface area contributed by atoms with Crippen LogP contribution in [0.25, 0.3) is 22.5 Å². The number of aliphatic hydroxyl groups is 4. The average Bonchev–Trinajstić information content (AvgIpc) is 4.01. The summed E-state index contributed by atoms with van der Waals surface area (Å²) in [5, 5.41) is 50.3. The predicted octanol–water partition coefficient (Wildman–Crippen LogP) is 2.92. The Bertz CT molecular complexity index is 2620. The van der Waals surface area contributed by atoms with Crippen LogP contribution in [0.2, 0.25) is 0 Å². The number of aromatic nitrogens is 6. The lowest BCUT2D eigenvalue weighted by atomic mass is 10.00. The number of nitrogens with zero attached hydrogens (tertiary/aromatic N) is 6. The molecule has 0 radical (unpaired) electrons. The first-order valence-corrected chi connectivity index (χ1v) is 19.5. The lowest BCUT2D eigenvalue weighted by molar-refractivity contribution is 0.0129. The standard InChI is InChI=1S/2C20H18N4O5S/c2*1-10-22-18(24-29-10)19(2,26)7-6-11-4-5-13-12(8-11)14-15(20(3,27)9-28-13)30-17(23-14)16(21)25/h2*4-5,8,26-27H,9H2,1-3H3,(H2,21,25)/t19-,20+;19-,20-/m11/s1. The summed E-state index contributed by atoms with van der Waals surface area (Å²) in [5.74, 6) is 11.6. The molecule has 0 saturated heterocycles. The summed E-state index contributed by atoms with van der Waals surface area (Å²) in [6.45, 7) is 9.32. The number of rotatable bonds is 4. The van der Waals surface area contributed by atoms with Crippen molar-refractivity contribution in [2.24, 2.45) is 11.5 Å². The molecule has 8 N–H and O–H groups in total. The van der Waals surface area contributed by atoms with Crippen LogP contribution in [-0.2, 0) is 22.4 Å². The van der Waals surface area contributed by atoms with E-state index in [0.717, 1.165) is 22.7 Å². The first kappa shape index (κ1) is 41.6. The van der Waals surface area contributed by atoms with E-state index < -0.39 is 34.2 Å². The normalized spacial score (nSPS) is 19.4. The number of hydrogen-bond donors (Lipinski definition) is 6. The minimum absolute atomic E-state index is 0.00961. The molecule has 2 aliphatic heterocycles. The molecule has 0 aliphatic carbocycles. The molecule has 6 aromatic rings. The maximum atomic E-state index is 11.6. The summed E-state index contributed by atoms with van der Waals surface area (Å²) in [5.41, 5.74) is 7.91. The van der Waals surface area contributed by atoms with Crippen molar-refractivity contribution in [3.63, 3.8) is 0 Å². The van der Waals surface area contributed by atoms with Crippen molar-refractivity contribution >= 4 is 34.5 Å². The number of ether oxygens (including phenoxy) is 2. The van der Waals surface area contributed by atoms with Gasteiger partial charge in [0.2, 0.25) is 23.4 Å². The van der Waals surface area contributed by atoms with Crippen molar-refractivity contribution in [2.75, 3.05) is 13.2 Å². The Morgan fingerprint density at radius 1 is 0.700 bits per heavy atom. The highest BCUT2D eigenvalue weighted by atomic mass is 32.1. The quantitative estimate of drug-likeness (QED) is 0.139. The van der Waals surface area contributed by atoms with E-state index >= 15 is 0 Å². The minimum Gasteiger partial charge on any atom is -0.489 e. The number of primary amides is 2. The molecule has 0 fully saturated rings. The van der Waals surface area contributed by atoms with Crippen LogP contribution in [0.5, 0.6) is 11.5 Å². The van der Waals surface area contributed by atoms with Crippen molar-refractivity contribution in [3.8, 4) is 57.7 Å². The van der Waals surface area contributed by atoms with Crippen molar-refractivity contribution in [1.29, 1.82) is 0 Å². The fourth-order valence-electron chi connectivity index (χ4n) is 5.84. The Kier molecular flexibility index (Phi) is 10.6. The molecule has 2 aromatic carbocycles. The number of carbonyl (C=O) groups is 2. The summed E-state index contributed by atoms with van der Waals surface area (Å²) in [7, 11) is 0. The Hall–Kier alpha value is -6.52. The topological polar surface area (TPSA) is 289 Å². The number of amides is 2. The molecule has 6 heterocycles. The second-order valence-electron chi connectivity index (χ2n) is 14.6. The van der Waals surface area contributed by atoms with Crippen LogP contribution in [0.3, 0.4) is 0 Å². The molecule has 2 aliphatic rings. The Morgan fingerprint density at radius 2 is 1.08 bits per heavy atom. The molecular weight excluding hydrogens is 817 g/mol. The van der Waals surface area contributed by atoms with Crippen LogP contribution in [0.1, 0.15) is 91.6 Å². The number of hydrogen-bond acceptors (Lipinski definition) is 18. The van der Waals surface area contributed by atoms with Crippen LogP contribution in [0.15, 0.2) is 45.4 Å². The zero-order valence-electron chi connectivity index (χ0n) is 32.8. The highest BCUT2D eigenvalue weighted by molar-refractivity contribution is 7.14. The monoisotopic (exact) mass is 852 g/mol. The summed E-state index contributed by atoms with van der Waals surface area (Å²) < 4.78 is 21.3. The van der Waals surface area contributed by atoms with Gasteiger partial charge >= 0.3 is 0 Å². The second kappa shape index (κ2) is 15.3. The third kappa shape index (κ3) is 8.33. The first-order chi connectivity index (χ1) is 28.1. The van der Waals surface area contributed by atoms with Gasteiger partial charge in [0.05, 0.1) is 21.1 Å². The first-order valence-electron chi connectivity index (χ1n) is 17.9. The molecule has 4 atom stereocenters. The number of aryl methyl sites for hydroxylation is 2. The van der Waals surface area contributed by atoms with Gasteiger partial charge in [0.1, 0.15) is 35.9 Å². The van der Waals surface area contributed by atoms with E-state index in [1.807, 2.05) is 0 Å². The molecule has 0 bridgehead atoms. The third-order valence-electron chi connectivity index (χ3n) is 8.97. The van der Waals surface area contributed by atoms with Gasteiger partial charge < -0.3 is 50.4 Å². The summed E-state index contributed by atoms with van der Waals surface area (Å²) in [6, 6.07) is 10.2. The number of carbonyl (C=O) groups excluding carboxylic acids is 2. The van der Waals surface area contributed by atoms with Gasteiger partial charge in [-0.25, -0.2) is 9.97 Å². The minimum atomic E-state index is -1.62. The number of fused-ring (bicyclic) bond motifs is 6. The van der Waals surface area contributed by atoms with E-state index in [2.05, 4.69) is 53.9 Å². The van der Waals surface area contributed by atoms with Crippen LogP contribution in [0.4, 0.5) is 0 Å². The van der Waals surface area contributed by atoms with Gasteiger partial charge in [-0.2, -0.15) is 9.97 Å². The van der Waals surface area contributed by atoms with Crippen molar-refractivity contribution < 1.29 is 48.5 Å². The molecule has 0 spiro atoms. The molecule has 8 rings (SSSR count). The molecular formula is C40H36N8O10S2. The molecule has 308 valence electrons. The lowest BCUT2D eigenvalue weighted by Gasteiger charge is -2.19. The fraction of sp³-hybridized carbons (Fsp3) is 0.300. The Morgan fingerprint density at radius 3 is 1.42 bits per heavy atom. The number of thiazole rings is 2. The highest BCUT2D eigenvalue weighted by Crippen LogP contribution is 2.45. The number of nitrogens with two attached hydrogens (primary N) is 2. The van der Waals surface area contributed by atoms with Gasteiger partial charge in [-0.3, -0.25) is 9.59 Å². The largest absolute Gasteiger partial charge is 0.489 e. The molecule has 0 unspecified atom stereocenters. The van der Waals surface area contributed by atoms with Crippen molar-refractivity contribution in [3.05, 3.63) is 90.7 Å². The van der Waals surface area contributed by atoms with Crippen LogP contribution >= 0.6 is 22.7 Å². The van der Waals surface area contributed by atoms with Gasteiger partial charge in [-0.1, -0.05) is 34.0 Å². The molecule has 2 amide bonds. The zero-order chi connectivity index (χ0) is 43.4. The maximum absolute atomic E-state index is 11.6. The molecule has 18 nitrogen and oxygen atoms in total. The van der Waals surface area contributed by atoms with Crippen LogP contribution < -0.4 is 20.9 Å². The summed E-state index contributed by atoms with van der Waals surface area (Å²) in [6.07, 6.45) is 0. The van der Waals surface area contributed by atoms with E-state index in [1.165, 1.54) is 13.8 Å². The van der Waals surface area contributed by atoms with Gasteiger partial charge in [0, 0.05) is 36.1 Å². The van der Waals surface area contributed by atoms with E-state index in [1.54, 1.807) is 64.1 Å². The zero-order valence-corrected chi connectivity index (χ0v) is 34.4. The summed E-state index contributed by atoms with van der Waals surface area (Å²) in [4.78, 5) is 40.9. The molecule has 60 heavy (non-hydrogen) atoms. The van der Waals surface area contributed by atoms with E-state index in [9.17, 15) is 30.0 Å². The van der Waals surface area contributed by atoms with Gasteiger partial charge in [0.15, 0.2) is 21.2 Å². The van der Waals surface area contributed by atoms with Gasteiger partial charge in [-0.05, 0) is 64.1 Å². The van der Waals surface area contributed by atoms with E-state index in [-0.39, 0.29) is 34.9 Å². The Balaban J connectivity index is 0.000000181. The predicted molar refractivity (Wildman–Crippen MR) is 213 cm³/mol. The SMILES string of the molecule is Cc1nc([C@](C)(O)C#Cc2ccc3c(c2)-c2nc(C(N)=O)sc2[C@@](C)(O)CO3)no1.Cc1nc([C@](C)(O)C#Cc2ccc3c(c2)-c2nc(C(N)=O)sc2[C@](C)(O)CO3)no1. The van der Waals surface area contributed by atoms with Crippen molar-refractivity contribution in [1.82, 2.24) is 30.2 Å². The highest BCUT2D eigenvalue weighted by Gasteiger charge is 2.38. The second-order valence-corrected chi connectivity index (χ2v) is 16.6. The van der Waals surface area contributed by atoms with E-state index in [0.29, 0.717) is 66.7 Å². The Labute approximate surface area is 349 Å².